The number of allylic oxidation sites excluding steroid dienone is 2. The van der Waals surface area contributed by atoms with Crippen LogP contribution in [0.25, 0.3) is 33.0 Å². The number of phenols is 1. The standard InChI is InChI=1S/C54H70N4O14/c1-27(2)24-57-19-21-58(22-20-57)34-16-17-36-38(23-34)70-50-42(55-36)39-40-46(63)33(8)49-41(39)51(65)54(9,72-49)18-12-15-37(68-10)30(5)48(71-53(67)69-26-35(60)25-59)32(7)45(62)31(6)44(61)28(3)13-11-14-29(4)52(66)56-43(50)47(40)64/h11-17,23,27-28,30-32,35,37,44-45,48,59-62,64H,18-22,24-26H2,1-10H3,(H,56,66)/t28-,30+,31+,32+,35?,37-,44-,45+,48+,54-/m0/s1. The number of methoxy groups -OCH3 is 1. The number of aromatic nitrogens is 1. The number of piperazine rings is 1. The van der Waals surface area contributed by atoms with Gasteiger partial charge in [0, 0.05) is 98.2 Å². The highest BCUT2D eigenvalue weighted by atomic mass is 16.7. The van der Waals surface area contributed by atoms with Crippen LogP contribution >= 0.6 is 0 Å². The van der Waals surface area contributed by atoms with Crippen molar-refractivity contribution in [2.45, 2.75) is 105 Å². The lowest BCUT2D eigenvalue weighted by Gasteiger charge is -2.38. The summed E-state index contributed by atoms with van der Waals surface area (Å²) in [4.78, 5) is 66.4. The Morgan fingerprint density at radius 1 is 0.986 bits per heavy atom. The molecule has 1 saturated heterocycles. The maximum atomic E-state index is 15.0. The molecule has 4 heterocycles. The van der Waals surface area contributed by atoms with E-state index in [0.717, 1.165) is 38.4 Å². The lowest BCUT2D eigenvalue weighted by atomic mass is 9.78. The normalized spacial score (nSPS) is 27.4. The third-order valence-electron chi connectivity index (χ3n) is 14.6. The molecule has 7 rings (SSSR count). The van der Waals surface area contributed by atoms with Crippen LogP contribution in [0.4, 0.5) is 16.2 Å². The molecule has 3 aliphatic rings. The van der Waals surface area contributed by atoms with Gasteiger partial charge in [-0.2, -0.15) is 0 Å². The van der Waals surface area contributed by atoms with E-state index in [4.69, 9.17) is 28.3 Å². The van der Waals surface area contributed by atoms with Crippen LogP contribution in [0.2, 0.25) is 0 Å². The average Bonchev–Trinajstić information content (AvgIpc) is 3.62. The average molecular weight is 999 g/mol. The van der Waals surface area contributed by atoms with E-state index in [1.807, 2.05) is 12.1 Å². The first-order valence-corrected chi connectivity index (χ1v) is 24.8. The molecule has 18 nitrogen and oxygen atoms in total. The molecule has 6 N–H and O–H groups in total. The van der Waals surface area contributed by atoms with Crippen molar-refractivity contribution in [3.8, 4) is 11.5 Å². The first-order chi connectivity index (χ1) is 34.1. The molecule has 1 unspecified atom stereocenters. The molecule has 18 heteroatoms. The van der Waals surface area contributed by atoms with Crippen LogP contribution in [0.5, 0.6) is 11.5 Å². The highest BCUT2D eigenvalue weighted by Crippen LogP contribution is 2.49. The fourth-order valence-electron chi connectivity index (χ4n) is 10.2. The number of aromatic hydroxyl groups is 1. The second-order valence-electron chi connectivity index (χ2n) is 20.4. The molecule has 390 valence electrons. The minimum Gasteiger partial charge on any atom is -0.505 e. The van der Waals surface area contributed by atoms with E-state index in [2.05, 4.69) is 29.0 Å². The summed E-state index contributed by atoms with van der Waals surface area (Å²) in [6, 6.07) is 5.60. The largest absolute Gasteiger partial charge is 0.508 e. The van der Waals surface area contributed by atoms with E-state index in [1.165, 1.54) is 20.1 Å². The molecule has 0 spiro atoms. The molecule has 10 atom stereocenters. The third-order valence-corrected chi connectivity index (χ3v) is 14.6. The van der Waals surface area contributed by atoms with Gasteiger partial charge in [-0.25, -0.2) is 9.78 Å². The lowest BCUT2D eigenvalue weighted by molar-refractivity contribution is -0.112. The van der Waals surface area contributed by atoms with E-state index < -0.39 is 102 Å². The second-order valence-corrected chi connectivity index (χ2v) is 20.4. The Hall–Kier alpha value is -5.89. The van der Waals surface area contributed by atoms with Gasteiger partial charge in [0.1, 0.15) is 41.3 Å². The van der Waals surface area contributed by atoms with Crippen molar-refractivity contribution in [1.29, 1.82) is 0 Å². The molecule has 0 aliphatic carbocycles. The molecule has 3 aliphatic heterocycles. The number of aliphatic hydroxyl groups excluding tert-OH is 4. The molecule has 1 aromatic heterocycles. The predicted molar refractivity (Wildman–Crippen MR) is 273 cm³/mol. The quantitative estimate of drug-likeness (QED) is 0.0379. The number of phenolic OH excluding ortho intramolecular Hbond substituents is 1. The SMILES string of the molecule is CO[C@H]1C=CC[C@]2(C)Oc3c(C)c(=O)c4c(O)c(c5oc6cc(N7CCN(CC(C)C)CC7)ccc6nc5c4c3C2=O)NC(=O)C(C)=CC=C[C@H](C)[C@H](O)[C@@H](C)[C@@H](O)[C@@H](C)[C@H](OC(=O)OCC(O)CO)[C@@H]1C. The summed E-state index contributed by atoms with van der Waals surface area (Å²) in [6.45, 7) is 18.9. The number of benzene rings is 3. The van der Waals surface area contributed by atoms with Crippen LogP contribution < -0.4 is 20.4 Å². The van der Waals surface area contributed by atoms with Gasteiger partial charge in [-0.3, -0.25) is 19.3 Å². The number of carbonyl (C=O) groups excluding carboxylic acids is 3. The zero-order chi connectivity index (χ0) is 52.5. The third kappa shape index (κ3) is 10.8. The number of carbonyl (C=O) groups is 3. The number of ether oxygens (including phenoxy) is 4. The molecule has 4 aromatic rings. The van der Waals surface area contributed by atoms with Gasteiger partial charge in [-0.1, -0.05) is 71.9 Å². The molecular formula is C54H70N4O14. The fraction of sp³-hybridized carbons (Fsp3) is 0.537. The van der Waals surface area contributed by atoms with Gasteiger partial charge in [0.2, 0.25) is 5.78 Å². The van der Waals surface area contributed by atoms with Crippen molar-refractivity contribution in [1.82, 2.24) is 9.88 Å². The summed E-state index contributed by atoms with van der Waals surface area (Å²) in [7, 11) is 1.44. The number of amides is 1. The Morgan fingerprint density at radius 3 is 2.36 bits per heavy atom. The molecule has 1 fully saturated rings. The first-order valence-electron chi connectivity index (χ1n) is 24.8. The Bertz CT molecular complexity index is 2850. The van der Waals surface area contributed by atoms with Crippen molar-refractivity contribution in [3.05, 3.63) is 75.5 Å². The van der Waals surface area contributed by atoms with Crippen molar-refractivity contribution in [2.75, 3.05) is 63.3 Å². The number of aliphatic hydroxyl groups is 4. The number of nitrogens with one attached hydrogen (secondary N) is 1. The number of rotatable bonds is 8. The summed E-state index contributed by atoms with van der Waals surface area (Å²) in [6.07, 6.45) is 1.18. The molecular weight excluding hydrogens is 929 g/mol. The minimum absolute atomic E-state index is 0.000511. The zero-order valence-electron chi connectivity index (χ0n) is 42.8. The monoisotopic (exact) mass is 998 g/mol. The summed E-state index contributed by atoms with van der Waals surface area (Å²) >= 11 is 0. The fourth-order valence-corrected chi connectivity index (χ4v) is 10.2. The Kier molecular flexibility index (Phi) is 16.5. The van der Waals surface area contributed by atoms with Crippen LogP contribution in [0, 0.1) is 36.5 Å². The van der Waals surface area contributed by atoms with Crippen LogP contribution in [-0.2, 0) is 19.0 Å². The predicted octanol–water partition coefficient (Wildman–Crippen LogP) is 6.18. The maximum Gasteiger partial charge on any atom is 0.508 e. The van der Waals surface area contributed by atoms with Crippen molar-refractivity contribution < 1.29 is 63.3 Å². The highest BCUT2D eigenvalue weighted by Gasteiger charge is 2.47. The van der Waals surface area contributed by atoms with Crippen LogP contribution in [-0.4, -0.2) is 142 Å². The van der Waals surface area contributed by atoms with Crippen LogP contribution in [0.3, 0.4) is 0 Å². The molecule has 4 bridgehead atoms. The summed E-state index contributed by atoms with van der Waals surface area (Å²) < 4.78 is 29.9. The zero-order valence-corrected chi connectivity index (χ0v) is 42.8. The first kappa shape index (κ1) is 53.9. The Morgan fingerprint density at radius 2 is 1.69 bits per heavy atom. The molecule has 72 heavy (non-hydrogen) atoms. The smallest absolute Gasteiger partial charge is 0.505 e. The number of anilines is 2. The van der Waals surface area contributed by atoms with Gasteiger partial charge in [0.15, 0.2) is 27.9 Å². The summed E-state index contributed by atoms with van der Waals surface area (Å²) in [5, 5.41) is 57.2. The van der Waals surface area contributed by atoms with Gasteiger partial charge in [-0.15, -0.1) is 0 Å². The number of Topliss-reactive ketones (excluding diaryl/α,β-unsaturated/α-hetero) is 1. The Balaban J connectivity index is 1.37. The van der Waals surface area contributed by atoms with E-state index in [0.29, 0.717) is 17.0 Å². The Labute approximate surface area is 418 Å². The maximum absolute atomic E-state index is 15.0. The lowest BCUT2D eigenvalue weighted by Crippen LogP contribution is -2.47. The number of hydrogen-bond donors (Lipinski definition) is 6. The van der Waals surface area contributed by atoms with Gasteiger partial charge in [0.25, 0.3) is 5.91 Å². The number of nitrogens with zero attached hydrogens (tertiary/aromatic N) is 3. The second kappa shape index (κ2) is 22.1. The van der Waals surface area contributed by atoms with Crippen LogP contribution in [0.15, 0.2) is 63.4 Å². The number of hydrogen-bond acceptors (Lipinski definition) is 17. The van der Waals surface area contributed by atoms with Gasteiger partial charge in [-0.05, 0) is 38.8 Å². The topological polar surface area (TPSA) is 251 Å². The van der Waals surface area contributed by atoms with E-state index in [9.17, 15) is 39.9 Å². The van der Waals surface area contributed by atoms with Crippen molar-refractivity contribution in [3.63, 3.8) is 0 Å². The number of fused-ring (bicyclic) bond motifs is 2. The van der Waals surface area contributed by atoms with Crippen molar-refractivity contribution in [2.24, 2.45) is 29.6 Å². The van der Waals surface area contributed by atoms with E-state index in [1.54, 1.807) is 71.9 Å². The van der Waals surface area contributed by atoms with Crippen molar-refractivity contribution >= 4 is 62.2 Å². The highest BCUT2D eigenvalue weighted by molar-refractivity contribution is 6.26. The molecule has 3 aromatic carbocycles. The summed E-state index contributed by atoms with van der Waals surface area (Å²) in [5.74, 6) is -4.16. The van der Waals surface area contributed by atoms with E-state index >= 15 is 4.79 Å². The molecule has 0 saturated carbocycles. The molecule has 0 radical (unpaired) electrons. The van der Waals surface area contributed by atoms with Gasteiger partial charge >= 0.3 is 6.16 Å². The number of ketones is 1. The van der Waals surface area contributed by atoms with Crippen LogP contribution in [0.1, 0.15) is 77.7 Å². The molecule has 1 amide bonds. The summed E-state index contributed by atoms with van der Waals surface area (Å²) in [5.41, 5.74) is -0.672. The van der Waals surface area contributed by atoms with Gasteiger partial charge < -0.3 is 59.1 Å². The van der Waals surface area contributed by atoms with Gasteiger partial charge in [0.05, 0.1) is 35.9 Å². The van der Waals surface area contributed by atoms with E-state index in [-0.39, 0.29) is 56.4 Å². The minimum atomic E-state index is -1.61.